The zero-order valence-electron chi connectivity index (χ0n) is 23.1. The van der Waals surface area contributed by atoms with Gasteiger partial charge in [0.05, 0.1) is 31.6 Å². The average molecular weight is 590 g/mol. The van der Waals surface area contributed by atoms with Crippen LogP contribution >= 0.6 is 0 Å². The van der Waals surface area contributed by atoms with Gasteiger partial charge in [0.2, 0.25) is 11.2 Å². The van der Waals surface area contributed by atoms with Crippen LogP contribution in [0.4, 0.5) is 13.6 Å². The van der Waals surface area contributed by atoms with Crippen molar-refractivity contribution in [2.75, 3.05) is 24.8 Å². The van der Waals surface area contributed by atoms with E-state index in [2.05, 4.69) is 0 Å². The fourth-order valence-corrected chi connectivity index (χ4v) is 6.09. The zero-order chi connectivity index (χ0) is 30.0. The average Bonchev–Trinajstić information content (AvgIpc) is 3.43. The summed E-state index contributed by atoms with van der Waals surface area (Å²) in [5.41, 5.74) is 1.13. The zero-order valence-corrected chi connectivity index (χ0v) is 23.1. The summed E-state index contributed by atoms with van der Waals surface area (Å²) in [6.45, 7) is 3.70. The summed E-state index contributed by atoms with van der Waals surface area (Å²) < 4.78 is 54.1. The normalized spacial score (nSPS) is 18.7. The third kappa shape index (κ3) is 4.12. The fourth-order valence-electron chi connectivity index (χ4n) is 6.09. The minimum Gasteiger partial charge on any atom is -0.464 e. The molecule has 4 heterocycles. The van der Waals surface area contributed by atoms with Crippen molar-refractivity contribution in [2.45, 2.75) is 32.2 Å². The van der Waals surface area contributed by atoms with Gasteiger partial charge in [0.1, 0.15) is 11.9 Å². The number of benzene rings is 2. The number of morpholine rings is 1. The molecule has 7 rings (SSSR count). The van der Waals surface area contributed by atoms with E-state index in [0.29, 0.717) is 28.0 Å². The summed E-state index contributed by atoms with van der Waals surface area (Å²) in [6.07, 6.45) is 0.399. The Labute approximate surface area is 243 Å². The number of furan rings is 1. The van der Waals surface area contributed by atoms with Crippen molar-refractivity contribution in [3.63, 3.8) is 0 Å². The van der Waals surface area contributed by atoms with Crippen LogP contribution in [0.2, 0.25) is 0 Å². The van der Waals surface area contributed by atoms with Gasteiger partial charge in [-0.05, 0) is 37.1 Å². The highest BCUT2D eigenvalue weighted by Crippen LogP contribution is 2.49. The molecule has 0 bridgehead atoms. The molecule has 0 N–H and O–H groups in total. The molecule has 2 aromatic heterocycles. The third-order valence-corrected chi connectivity index (χ3v) is 7.79. The van der Waals surface area contributed by atoms with E-state index in [1.807, 2.05) is 24.3 Å². The molecule has 0 radical (unpaired) electrons. The van der Waals surface area contributed by atoms with Crippen molar-refractivity contribution < 1.29 is 37.0 Å². The molecule has 2 aromatic carbocycles. The number of carbonyl (C=O) groups excluding carboxylic acids is 2. The van der Waals surface area contributed by atoms with Crippen LogP contribution in [0.15, 0.2) is 70.2 Å². The number of rotatable bonds is 3. The van der Waals surface area contributed by atoms with Gasteiger partial charge in [-0.3, -0.25) is 19.3 Å². The van der Waals surface area contributed by atoms with Crippen molar-refractivity contribution in [3.05, 3.63) is 99.7 Å². The van der Waals surface area contributed by atoms with Crippen LogP contribution in [0.25, 0.3) is 22.5 Å². The van der Waals surface area contributed by atoms with Crippen LogP contribution in [0.3, 0.4) is 0 Å². The van der Waals surface area contributed by atoms with Crippen LogP contribution in [0, 0.1) is 11.6 Å². The summed E-state index contributed by atoms with van der Waals surface area (Å²) in [6, 6.07) is 11.7. The van der Waals surface area contributed by atoms with Gasteiger partial charge in [0.25, 0.3) is 5.91 Å². The molecule has 3 aliphatic rings. The van der Waals surface area contributed by atoms with Crippen molar-refractivity contribution in [3.8, 4) is 28.2 Å². The molecule has 43 heavy (non-hydrogen) atoms. The number of hydrogen-bond donors (Lipinski definition) is 0. The molecule has 1 aliphatic carbocycles. The maximum atomic E-state index is 15.8. The van der Waals surface area contributed by atoms with E-state index in [9.17, 15) is 18.8 Å². The molecule has 0 unspecified atom stereocenters. The highest BCUT2D eigenvalue weighted by molar-refractivity contribution is 5.97. The van der Waals surface area contributed by atoms with Gasteiger partial charge in [-0.1, -0.05) is 30.3 Å². The predicted octanol–water partition coefficient (Wildman–Crippen LogP) is 4.83. The van der Waals surface area contributed by atoms with Gasteiger partial charge in [-0.25, -0.2) is 13.6 Å². The number of nitrogens with zero attached hydrogens (tertiary/aromatic N) is 3. The Kier molecular flexibility index (Phi) is 6.31. The molecule has 220 valence electrons. The molecule has 1 saturated heterocycles. The predicted molar refractivity (Wildman–Crippen MR) is 148 cm³/mol. The number of aromatic nitrogens is 1. The summed E-state index contributed by atoms with van der Waals surface area (Å²) in [5, 5.41) is 1.76. The monoisotopic (exact) mass is 589 g/mol. The van der Waals surface area contributed by atoms with Gasteiger partial charge in [0.15, 0.2) is 17.3 Å². The standard InChI is InChI=1S/C31H25F2N3O7/c1-16(2)42-31(39)43-29-22(37)9-11-35-27(29)30(38)34-12-14-40-15-23(34)36(35)26-17-5-3-4-6-18(17)28-20(10-13-41-28)24-19(26)7-8-21(32)25(24)33/h3-11,13,16,23,26H,12,14-15H2,1-2H3/t23-,26-/m1/s1. The summed E-state index contributed by atoms with van der Waals surface area (Å²) in [4.78, 5) is 41.1. The lowest BCUT2D eigenvalue weighted by atomic mass is 9.92. The highest BCUT2D eigenvalue weighted by atomic mass is 19.2. The number of pyridine rings is 1. The van der Waals surface area contributed by atoms with Gasteiger partial charge < -0.3 is 23.5 Å². The number of amides is 1. The SMILES string of the molecule is CC(C)OC(=O)Oc1c2n(ccc1=O)N([C@@H]1c3ccccc3-c3occc3-c3c1ccc(F)c3F)[C@@H]1COCCN1C2=O. The second-order valence-electron chi connectivity index (χ2n) is 10.6. The Hall–Kier alpha value is -4.97. The topological polar surface area (TPSA) is 103 Å². The van der Waals surface area contributed by atoms with Gasteiger partial charge in [-0.15, -0.1) is 0 Å². The van der Waals surface area contributed by atoms with E-state index in [1.165, 1.54) is 34.2 Å². The van der Waals surface area contributed by atoms with Crippen molar-refractivity contribution in [2.24, 2.45) is 0 Å². The fraction of sp³-hybridized carbons (Fsp3) is 0.258. The molecule has 10 nitrogen and oxygen atoms in total. The molecule has 2 aliphatic heterocycles. The molecule has 0 spiro atoms. The Morgan fingerprint density at radius 3 is 2.65 bits per heavy atom. The first-order valence-electron chi connectivity index (χ1n) is 13.7. The molecule has 0 saturated carbocycles. The first kappa shape index (κ1) is 26.9. The van der Waals surface area contributed by atoms with Crippen LogP contribution in [-0.2, 0) is 9.47 Å². The molecular formula is C31H25F2N3O7. The minimum atomic E-state index is -1.14. The van der Waals surface area contributed by atoms with Gasteiger partial charge in [-0.2, -0.15) is 0 Å². The third-order valence-electron chi connectivity index (χ3n) is 7.79. The van der Waals surface area contributed by atoms with Gasteiger partial charge in [0, 0.05) is 35.5 Å². The summed E-state index contributed by atoms with van der Waals surface area (Å²) >= 11 is 0. The number of halogens is 2. The quantitative estimate of drug-likeness (QED) is 0.313. The van der Waals surface area contributed by atoms with E-state index in [4.69, 9.17) is 18.6 Å². The summed E-state index contributed by atoms with van der Waals surface area (Å²) in [5.74, 6) is -2.80. The Balaban J connectivity index is 1.52. The molecule has 4 aromatic rings. The number of carbonyl (C=O) groups is 2. The smallest absolute Gasteiger partial charge is 0.464 e. The maximum absolute atomic E-state index is 15.8. The van der Waals surface area contributed by atoms with Crippen molar-refractivity contribution in [1.29, 1.82) is 0 Å². The lowest BCUT2D eigenvalue weighted by molar-refractivity contribution is -0.0197. The lowest BCUT2D eigenvalue weighted by Gasteiger charge is -2.51. The van der Waals surface area contributed by atoms with E-state index < -0.39 is 53.2 Å². The largest absolute Gasteiger partial charge is 0.514 e. The van der Waals surface area contributed by atoms with Crippen molar-refractivity contribution in [1.82, 2.24) is 9.58 Å². The highest BCUT2D eigenvalue weighted by Gasteiger charge is 2.47. The molecule has 2 atom stereocenters. The van der Waals surface area contributed by atoms with E-state index in [1.54, 1.807) is 24.9 Å². The molecular weight excluding hydrogens is 564 g/mol. The Morgan fingerprint density at radius 2 is 1.84 bits per heavy atom. The minimum absolute atomic E-state index is 0.00436. The van der Waals surface area contributed by atoms with E-state index in [-0.39, 0.29) is 31.0 Å². The first-order chi connectivity index (χ1) is 20.8. The Bertz CT molecular complexity index is 1850. The second kappa shape index (κ2) is 10.1. The van der Waals surface area contributed by atoms with Crippen LogP contribution < -0.4 is 15.2 Å². The maximum Gasteiger partial charge on any atom is 0.514 e. The molecule has 1 amide bonds. The van der Waals surface area contributed by atoms with Crippen molar-refractivity contribution >= 4 is 12.1 Å². The molecule has 1 fully saturated rings. The van der Waals surface area contributed by atoms with E-state index >= 15 is 4.39 Å². The van der Waals surface area contributed by atoms with Crippen LogP contribution in [-0.4, -0.2) is 53.7 Å². The number of ether oxygens (including phenoxy) is 3. The summed E-state index contributed by atoms with van der Waals surface area (Å²) in [7, 11) is 0. The number of hydrogen-bond acceptors (Lipinski definition) is 8. The first-order valence-corrected chi connectivity index (χ1v) is 13.7. The van der Waals surface area contributed by atoms with Crippen LogP contribution in [0.1, 0.15) is 41.5 Å². The Morgan fingerprint density at radius 1 is 1.02 bits per heavy atom. The molecule has 12 heteroatoms. The van der Waals surface area contributed by atoms with E-state index in [0.717, 1.165) is 6.07 Å². The number of fused-ring (bicyclic) bond motifs is 7. The second-order valence-corrected chi connectivity index (χ2v) is 10.6. The van der Waals surface area contributed by atoms with Gasteiger partial charge >= 0.3 is 6.16 Å². The lowest BCUT2D eigenvalue weighted by Crippen LogP contribution is -2.66. The van der Waals surface area contributed by atoms with Crippen LogP contribution in [0.5, 0.6) is 5.75 Å².